The second kappa shape index (κ2) is 7.17. The monoisotopic (exact) mass is 373 g/mol. The van der Waals surface area contributed by atoms with Crippen LogP contribution < -0.4 is 16.4 Å². The van der Waals surface area contributed by atoms with Gasteiger partial charge in [0, 0.05) is 5.69 Å². The van der Waals surface area contributed by atoms with Gasteiger partial charge < -0.3 is 16.4 Å². The van der Waals surface area contributed by atoms with E-state index in [2.05, 4.69) is 34.4 Å². The van der Waals surface area contributed by atoms with Crippen LogP contribution in [-0.4, -0.2) is 9.97 Å². The van der Waals surface area contributed by atoms with Gasteiger partial charge in [0.2, 0.25) is 0 Å². The topological polar surface area (TPSA) is 75.9 Å². The number of nitrogen functional groups attached to an aromatic ring is 1. The highest BCUT2D eigenvalue weighted by atomic mass is 35.5. The number of nitrogens with zero attached hydrogens (tertiary/aromatic N) is 2. The lowest BCUT2D eigenvalue weighted by Gasteiger charge is -2.14. The predicted molar refractivity (Wildman–Crippen MR) is 105 cm³/mol. The van der Waals surface area contributed by atoms with Gasteiger partial charge in [0.05, 0.1) is 15.7 Å². The third-order valence-electron chi connectivity index (χ3n) is 3.86. The fourth-order valence-electron chi connectivity index (χ4n) is 2.28. The van der Waals surface area contributed by atoms with Crippen LogP contribution in [-0.2, 0) is 0 Å². The van der Waals surface area contributed by atoms with Gasteiger partial charge in [-0.2, -0.15) is 0 Å². The van der Waals surface area contributed by atoms with Gasteiger partial charge in [0.25, 0.3) is 0 Å². The van der Waals surface area contributed by atoms with E-state index in [1.807, 2.05) is 18.2 Å². The number of anilines is 5. The highest BCUT2D eigenvalue weighted by Crippen LogP contribution is 2.34. The Morgan fingerprint density at radius 3 is 2.36 bits per heavy atom. The molecular formula is C18H17Cl2N5. The van der Waals surface area contributed by atoms with E-state index < -0.39 is 0 Å². The third kappa shape index (κ3) is 3.78. The number of hydrogen-bond donors (Lipinski definition) is 3. The Morgan fingerprint density at radius 1 is 0.920 bits per heavy atom. The first-order chi connectivity index (χ1) is 12.0. The largest absolute Gasteiger partial charge is 0.393 e. The first-order valence-electron chi connectivity index (χ1n) is 7.61. The van der Waals surface area contributed by atoms with E-state index in [0.29, 0.717) is 33.1 Å². The minimum absolute atomic E-state index is 0.386. The third-order valence-corrected chi connectivity index (χ3v) is 4.68. The van der Waals surface area contributed by atoms with Crippen molar-refractivity contribution in [2.45, 2.75) is 13.8 Å². The van der Waals surface area contributed by atoms with Crippen LogP contribution in [0.4, 0.5) is 28.7 Å². The Hall–Kier alpha value is -2.50. The lowest BCUT2D eigenvalue weighted by Crippen LogP contribution is -2.05. The summed E-state index contributed by atoms with van der Waals surface area (Å²) in [7, 11) is 0. The number of halogens is 2. The van der Waals surface area contributed by atoms with E-state index in [1.54, 1.807) is 18.2 Å². The zero-order valence-corrected chi connectivity index (χ0v) is 15.3. The van der Waals surface area contributed by atoms with Gasteiger partial charge in [-0.05, 0) is 49.2 Å². The Bertz CT molecular complexity index is 927. The molecule has 7 heteroatoms. The van der Waals surface area contributed by atoms with Gasteiger partial charge in [-0.1, -0.05) is 35.3 Å². The summed E-state index contributed by atoms with van der Waals surface area (Å²) in [4.78, 5) is 8.41. The van der Waals surface area contributed by atoms with E-state index in [0.717, 1.165) is 5.69 Å². The van der Waals surface area contributed by atoms with E-state index >= 15 is 0 Å². The summed E-state index contributed by atoms with van der Waals surface area (Å²) in [6.07, 6.45) is 1.43. The van der Waals surface area contributed by atoms with Crippen LogP contribution in [0.5, 0.6) is 0 Å². The maximum atomic E-state index is 6.21. The van der Waals surface area contributed by atoms with Crippen LogP contribution in [0, 0.1) is 13.8 Å². The standard InChI is InChI=1S/C18H17Cl2N5/c1-10-6-7-12(8-11(10)2)24-17-16(21)18(23-9-22-17)25-14-5-3-4-13(19)15(14)20/h3-9H,21H2,1-2H3,(H2,22,23,24,25). The molecule has 2 aromatic carbocycles. The van der Waals surface area contributed by atoms with Crippen molar-refractivity contribution >= 4 is 51.9 Å². The first kappa shape index (κ1) is 17.3. The smallest absolute Gasteiger partial charge is 0.159 e. The number of nitrogens with two attached hydrogens (primary N) is 1. The molecule has 1 aromatic heterocycles. The number of hydrogen-bond acceptors (Lipinski definition) is 5. The molecular weight excluding hydrogens is 357 g/mol. The zero-order valence-electron chi connectivity index (χ0n) is 13.8. The van der Waals surface area contributed by atoms with Gasteiger partial charge >= 0.3 is 0 Å². The molecule has 1 heterocycles. The maximum absolute atomic E-state index is 6.21. The van der Waals surface area contributed by atoms with Gasteiger partial charge in [-0.3, -0.25) is 0 Å². The molecule has 0 unspecified atom stereocenters. The molecule has 25 heavy (non-hydrogen) atoms. The van der Waals surface area contributed by atoms with E-state index in [4.69, 9.17) is 28.9 Å². The van der Waals surface area contributed by atoms with Crippen molar-refractivity contribution in [1.29, 1.82) is 0 Å². The van der Waals surface area contributed by atoms with Crippen molar-refractivity contribution in [2.75, 3.05) is 16.4 Å². The molecule has 3 aromatic rings. The second-order valence-corrected chi connectivity index (χ2v) is 6.42. The van der Waals surface area contributed by atoms with Crippen molar-refractivity contribution in [1.82, 2.24) is 9.97 Å². The lowest BCUT2D eigenvalue weighted by atomic mass is 10.1. The minimum Gasteiger partial charge on any atom is -0.393 e. The van der Waals surface area contributed by atoms with E-state index in [1.165, 1.54) is 17.5 Å². The second-order valence-electron chi connectivity index (χ2n) is 5.63. The molecule has 0 radical (unpaired) electrons. The highest BCUT2D eigenvalue weighted by molar-refractivity contribution is 6.43. The van der Waals surface area contributed by atoms with Crippen molar-refractivity contribution in [3.05, 3.63) is 63.9 Å². The normalized spacial score (nSPS) is 10.6. The van der Waals surface area contributed by atoms with Gasteiger partial charge in [-0.15, -0.1) is 0 Å². The quantitative estimate of drug-likeness (QED) is 0.565. The number of benzene rings is 2. The lowest BCUT2D eigenvalue weighted by molar-refractivity contribution is 1.17. The summed E-state index contributed by atoms with van der Waals surface area (Å²) in [6, 6.07) is 11.4. The molecule has 0 aliphatic heterocycles. The fourth-order valence-corrected chi connectivity index (χ4v) is 2.63. The van der Waals surface area contributed by atoms with Crippen LogP contribution in [0.25, 0.3) is 0 Å². The summed E-state index contributed by atoms with van der Waals surface area (Å²) in [5.41, 5.74) is 10.5. The zero-order chi connectivity index (χ0) is 18.0. The van der Waals surface area contributed by atoms with Crippen LogP contribution in [0.1, 0.15) is 11.1 Å². The van der Waals surface area contributed by atoms with Gasteiger partial charge in [0.15, 0.2) is 11.6 Å². The molecule has 0 atom stereocenters. The molecule has 4 N–H and O–H groups in total. The Morgan fingerprint density at radius 2 is 1.64 bits per heavy atom. The molecule has 0 aliphatic carbocycles. The molecule has 3 rings (SSSR count). The molecule has 0 amide bonds. The number of aryl methyl sites for hydroxylation is 2. The molecule has 0 aliphatic rings. The molecule has 0 saturated carbocycles. The van der Waals surface area contributed by atoms with Crippen molar-refractivity contribution in [3.8, 4) is 0 Å². The molecule has 0 fully saturated rings. The summed E-state index contributed by atoms with van der Waals surface area (Å²) >= 11 is 12.2. The van der Waals surface area contributed by atoms with Crippen molar-refractivity contribution in [2.24, 2.45) is 0 Å². The highest BCUT2D eigenvalue weighted by Gasteiger charge is 2.11. The van der Waals surface area contributed by atoms with Crippen LogP contribution >= 0.6 is 23.2 Å². The molecule has 0 spiro atoms. The Labute approximate surface area is 156 Å². The van der Waals surface area contributed by atoms with Crippen LogP contribution in [0.3, 0.4) is 0 Å². The summed E-state index contributed by atoms with van der Waals surface area (Å²) in [5, 5.41) is 7.17. The van der Waals surface area contributed by atoms with Gasteiger partial charge in [0.1, 0.15) is 12.0 Å². The average Bonchev–Trinajstić information content (AvgIpc) is 2.59. The molecule has 5 nitrogen and oxygen atoms in total. The van der Waals surface area contributed by atoms with Gasteiger partial charge in [-0.25, -0.2) is 9.97 Å². The Kier molecular flexibility index (Phi) is 4.97. The van der Waals surface area contributed by atoms with Crippen LogP contribution in [0.15, 0.2) is 42.7 Å². The predicted octanol–water partition coefficient (Wildman–Crippen LogP) is 5.47. The van der Waals surface area contributed by atoms with E-state index in [-0.39, 0.29) is 0 Å². The number of aromatic nitrogens is 2. The first-order valence-corrected chi connectivity index (χ1v) is 8.37. The Balaban J connectivity index is 1.89. The fraction of sp³-hybridized carbons (Fsp3) is 0.111. The SMILES string of the molecule is Cc1ccc(Nc2ncnc(Nc3cccc(Cl)c3Cl)c2N)cc1C. The van der Waals surface area contributed by atoms with E-state index in [9.17, 15) is 0 Å². The summed E-state index contributed by atoms with van der Waals surface area (Å²) in [5.74, 6) is 0.962. The van der Waals surface area contributed by atoms with Crippen molar-refractivity contribution < 1.29 is 0 Å². The van der Waals surface area contributed by atoms with Crippen LogP contribution in [0.2, 0.25) is 10.0 Å². The molecule has 128 valence electrons. The minimum atomic E-state index is 0.386. The molecule has 0 saturated heterocycles. The number of rotatable bonds is 4. The summed E-state index contributed by atoms with van der Waals surface area (Å²) < 4.78 is 0. The molecule has 0 bridgehead atoms. The van der Waals surface area contributed by atoms with Crippen molar-refractivity contribution in [3.63, 3.8) is 0 Å². The maximum Gasteiger partial charge on any atom is 0.159 e. The number of nitrogens with one attached hydrogen (secondary N) is 2. The average molecular weight is 374 g/mol. The summed E-state index contributed by atoms with van der Waals surface area (Å²) in [6.45, 7) is 4.12.